The van der Waals surface area contributed by atoms with Crippen molar-refractivity contribution >= 4 is 33.2 Å². The van der Waals surface area contributed by atoms with Gasteiger partial charge in [-0.1, -0.05) is 30.3 Å². The van der Waals surface area contributed by atoms with Crippen LogP contribution in [0.4, 0.5) is 32.2 Å². The molecule has 0 aliphatic rings. The number of ether oxygens (including phenoxy) is 2. The topological polar surface area (TPSA) is 73.3 Å². The minimum Gasteiger partial charge on any atom is -0.449 e. The Morgan fingerprint density at radius 1 is 0.972 bits per heavy atom. The number of fused-ring (bicyclic) bond motifs is 1. The van der Waals surface area contributed by atoms with E-state index >= 15 is 0 Å². The van der Waals surface area contributed by atoms with E-state index in [1.807, 2.05) is 0 Å². The normalized spacial score (nSPS) is 12.8. The van der Waals surface area contributed by atoms with Gasteiger partial charge >= 0.3 is 18.5 Å². The van der Waals surface area contributed by atoms with Crippen molar-refractivity contribution < 1.29 is 40.6 Å². The van der Waals surface area contributed by atoms with Crippen LogP contribution in [0.3, 0.4) is 0 Å². The van der Waals surface area contributed by atoms with E-state index in [1.165, 1.54) is 54.1 Å². The third kappa shape index (κ3) is 6.42. The summed E-state index contributed by atoms with van der Waals surface area (Å²) in [4.78, 5) is 20.2. The molecule has 1 atom stereocenters. The van der Waals surface area contributed by atoms with Gasteiger partial charge in [0, 0.05) is 10.8 Å². The number of halogens is 6. The highest BCUT2D eigenvalue weighted by Crippen LogP contribution is 2.36. The number of nitrogens with zero attached hydrogens (tertiary/aromatic N) is 2. The van der Waals surface area contributed by atoms with E-state index in [0.29, 0.717) is 26.2 Å². The van der Waals surface area contributed by atoms with Crippen molar-refractivity contribution in [2.75, 3.05) is 11.9 Å². The monoisotopic (exact) mass is 527 g/mol. The van der Waals surface area contributed by atoms with Gasteiger partial charge in [-0.3, -0.25) is 0 Å². The quantitative estimate of drug-likeness (QED) is 0.218. The summed E-state index contributed by atoms with van der Waals surface area (Å²) >= 11 is 1.27. The molecule has 0 fully saturated rings. The maximum atomic E-state index is 12.7. The van der Waals surface area contributed by atoms with Crippen LogP contribution in [0.5, 0.6) is 5.75 Å². The SMILES string of the molecule is O=C(O[C@@H](CNc1cc(-c2cc3cc(OC(F)(F)F)ccc3s2)ncn1)c1ccccc1)C(F)(F)F. The van der Waals surface area contributed by atoms with Gasteiger partial charge in [0.2, 0.25) is 0 Å². The third-order valence-electron chi connectivity index (χ3n) is 4.76. The second-order valence-electron chi connectivity index (χ2n) is 7.33. The summed E-state index contributed by atoms with van der Waals surface area (Å²) in [7, 11) is 0. The zero-order chi connectivity index (χ0) is 25.9. The van der Waals surface area contributed by atoms with Crippen molar-refractivity contribution in [1.29, 1.82) is 0 Å². The highest BCUT2D eigenvalue weighted by atomic mass is 32.1. The molecule has 0 spiro atoms. The maximum Gasteiger partial charge on any atom is 0.573 e. The predicted octanol–water partition coefficient (Wildman–Crippen LogP) is 6.52. The predicted molar refractivity (Wildman–Crippen MR) is 119 cm³/mol. The number of hydrogen-bond donors (Lipinski definition) is 1. The largest absolute Gasteiger partial charge is 0.573 e. The molecule has 0 bridgehead atoms. The van der Waals surface area contributed by atoms with E-state index in [1.54, 1.807) is 24.3 Å². The van der Waals surface area contributed by atoms with Crippen molar-refractivity contribution in [3.05, 3.63) is 72.6 Å². The van der Waals surface area contributed by atoms with Crippen molar-refractivity contribution in [1.82, 2.24) is 9.97 Å². The van der Waals surface area contributed by atoms with Crippen molar-refractivity contribution in [3.8, 4) is 16.3 Å². The molecule has 4 rings (SSSR count). The van der Waals surface area contributed by atoms with Crippen molar-refractivity contribution in [2.45, 2.75) is 18.6 Å². The van der Waals surface area contributed by atoms with Gasteiger partial charge in [0.25, 0.3) is 0 Å². The highest BCUT2D eigenvalue weighted by Gasteiger charge is 2.42. The number of esters is 1. The standard InChI is InChI=1S/C23H15F6N3O3S/c24-22(25,26)21(33)34-17(13-4-2-1-3-5-13)11-30-20-10-16(31-12-32-20)19-9-14-8-15(35-23(27,28)29)6-7-18(14)36-19/h1-10,12,17H,11H2,(H,30,31,32)/t17-/m0/s1. The van der Waals surface area contributed by atoms with E-state index in [0.717, 1.165) is 0 Å². The maximum absolute atomic E-state index is 12.7. The number of nitrogens with one attached hydrogen (secondary N) is 1. The lowest BCUT2D eigenvalue weighted by Gasteiger charge is -2.20. The van der Waals surface area contributed by atoms with Crippen LogP contribution in [-0.2, 0) is 9.53 Å². The summed E-state index contributed by atoms with van der Waals surface area (Å²) in [5.74, 6) is -2.44. The number of thiophene rings is 1. The molecule has 0 aliphatic heterocycles. The lowest BCUT2D eigenvalue weighted by Crippen LogP contribution is -2.29. The first-order chi connectivity index (χ1) is 17.0. The molecule has 2 aromatic heterocycles. The summed E-state index contributed by atoms with van der Waals surface area (Å²) in [6, 6.07) is 15.0. The number of aromatic nitrogens is 2. The Hall–Kier alpha value is -3.87. The Morgan fingerprint density at radius 3 is 2.42 bits per heavy atom. The second-order valence-corrected chi connectivity index (χ2v) is 8.41. The van der Waals surface area contributed by atoms with Gasteiger partial charge < -0.3 is 14.8 Å². The van der Waals surface area contributed by atoms with Crippen LogP contribution in [0, 0.1) is 0 Å². The lowest BCUT2D eigenvalue weighted by atomic mass is 10.1. The van der Waals surface area contributed by atoms with Crippen LogP contribution >= 0.6 is 11.3 Å². The number of alkyl halides is 6. The van der Waals surface area contributed by atoms with Crippen LogP contribution in [0.15, 0.2) is 67.0 Å². The third-order valence-corrected chi connectivity index (χ3v) is 5.90. The van der Waals surface area contributed by atoms with Gasteiger partial charge in [-0.25, -0.2) is 14.8 Å². The lowest BCUT2D eigenvalue weighted by molar-refractivity contribution is -0.274. The van der Waals surface area contributed by atoms with Crippen LogP contribution in [0.2, 0.25) is 0 Å². The first-order valence-electron chi connectivity index (χ1n) is 10.2. The average molecular weight is 527 g/mol. The average Bonchev–Trinajstić information content (AvgIpc) is 3.24. The van der Waals surface area contributed by atoms with Crippen molar-refractivity contribution in [2.24, 2.45) is 0 Å². The molecule has 188 valence electrons. The fourth-order valence-electron chi connectivity index (χ4n) is 3.22. The van der Waals surface area contributed by atoms with E-state index in [-0.39, 0.29) is 18.1 Å². The molecule has 0 amide bonds. The first-order valence-corrected chi connectivity index (χ1v) is 11.0. The Morgan fingerprint density at radius 2 is 1.72 bits per heavy atom. The smallest absolute Gasteiger partial charge is 0.449 e. The second kappa shape index (κ2) is 10.0. The molecule has 0 saturated heterocycles. The minimum absolute atomic E-state index is 0.215. The Labute approximate surface area is 203 Å². The summed E-state index contributed by atoms with van der Waals surface area (Å²) < 4.78 is 85.0. The first kappa shape index (κ1) is 25.2. The number of rotatable bonds is 7. The number of hydrogen-bond acceptors (Lipinski definition) is 7. The van der Waals surface area contributed by atoms with E-state index < -0.39 is 24.6 Å². The fraction of sp³-hybridized carbons (Fsp3) is 0.174. The fourth-order valence-corrected chi connectivity index (χ4v) is 4.23. The molecule has 4 aromatic rings. The molecule has 0 radical (unpaired) electrons. The van der Waals surface area contributed by atoms with Crippen LogP contribution < -0.4 is 10.1 Å². The van der Waals surface area contributed by atoms with Gasteiger partial charge in [-0.05, 0) is 35.2 Å². The van der Waals surface area contributed by atoms with Gasteiger partial charge in [-0.15, -0.1) is 24.5 Å². The van der Waals surface area contributed by atoms with Gasteiger partial charge in [0.05, 0.1) is 17.1 Å². The Bertz CT molecular complexity index is 1360. The molecule has 0 saturated carbocycles. The molecule has 0 unspecified atom stereocenters. The summed E-state index contributed by atoms with van der Waals surface area (Å²) in [5.41, 5.74) is 0.772. The molecule has 36 heavy (non-hydrogen) atoms. The van der Waals surface area contributed by atoms with Gasteiger partial charge in [0.15, 0.2) is 0 Å². The zero-order valence-corrected chi connectivity index (χ0v) is 18.7. The van der Waals surface area contributed by atoms with E-state index in [4.69, 9.17) is 0 Å². The van der Waals surface area contributed by atoms with Crippen LogP contribution in [-0.4, -0.2) is 35.0 Å². The summed E-state index contributed by atoms with van der Waals surface area (Å²) in [6.07, 6.45) is -10.00. The molecular formula is C23H15F6N3O3S. The molecule has 1 N–H and O–H groups in total. The molecule has 0 aliphatic carbocycles. The Kier molecular flexibility index (Phi) is 7.02. The highest BCUT2D eigenvalue weighted by molar-refractivity contribution is 7.22. The van der Waals surface area contributed by atoms with E-state index in [2.05, 4.69) is 24.8 Å². The minimum atomic E-state index is -5.15. The molecule has 6 nitrogen and oxygen atoms in total. The number of carbonyl (C=O) groups excluding carboxylic acids is 1. The number of benzene rings is 2. The summed E-state index contributed by atoms with van der Waals surface area (Å²) in [5, 5.41) is 3.35. The summed E-state index contributed by atoms with van der Waals surface area (Å²) in [6.45, 7) is -0.215. The van der Waals surface area contributed by atoms with Crippen molar-refractivity contribution in [3.63, 3.8) is 0 Å². The number of anilines is 1. The van der Waals surface area contributed by atoms with Crippen LogP contribution in [0.25, 0.3) is 20.7 Å². The molecule has 2 heterocycles. The zero-order valence-electron chi connectivity index (χ0n) is 17.9. The van der Waals surface area contributed by atoms with Gasteiger partial charge in [-0.2, -0.15) is 13.2 Å². The Balaban J connectivity index is 1.52. The molecular weight excluding hydrogens is 512 g/mol. The number of carbonyl (C=O) groups is 1. The van der Waals surface area contributed by atoms with Crippen LogP contribution in [0.1, 0.15) is 11.7 Å². The molecule has 13 heteroatoms. The van der Waals surface area contributed by atoms with Gasteiger partial charge in [0.1, 0.15) is 24.0 Å². The van der Waals surface area contributed by atoms with E-state index in [9.17, 15) is 31.1 Å². The molecule has 2 aromatic carbocycles.